The molecule has 0 saturated carbocycles. The van der Waals surface area contributed by atoms with Gasteiger partial charge < -0.3 is 31.1 Å². The number of nitrogens with one attached hydrogen (secondary N) is 2. The number of aromatic hydroxyl groups is 1. The van der Waals surface area contributed by atoms with Crippen LogP contribution in [0.2, 0.25) is 0 Å². The quantitative estimate of drug-likeness (QED) is 0.100. The number of rotatable bonds is 18. The van der Waals surface area contributed by atoms with Crippen LogP contribution in [0.4, 0.5) is 8.78 Å². The molecule has 270 valence electrons. The smallest absolute Gasteiger partial charge is 0.323 e. The van der Waals surface area contributed by atoms with Crippen LogP contribution in [0.1, 0.15) is 64.1 Å². The van der Waals surface area contributed by atoms with Crippen LogP contribution in [0.25, 0.3) is 0 Å². The molecule has 0 aromatic heterocycles. The van der Waals surface area contributed by atoms with Crippen LogP contribution in [0.5, 0.6) is 5.75 Å². The van der Waals surface area contributed by atoms with Gasteiger partial charge in [0.15, 0.2) is 0 Å². The zero-order chi connectivity index (χ0) is 36.8. The third-order valence-electron chi connectivity index (χ3n) is 8.27. The second-order valence-corrected chi connectivity index (χ2v) is 12.5. The number of ether oxygens (including phenoxy) is 1. The summed E-state index contributed by atoms with van der Waals surface area (Å²) in [5.74, 6) is -3.03. The van der Waals surface area contributed by atoms with Crippen molar-refractivity contribution >= 4 is 17.8 Å². The Morgan fingerprint density at radius 2 is 1.43 bits per heavy atom. The third kappa shape index (κ3) is 12.0. The number of halogens is 2. The lowest BCUT2D eigenvalue weighted by Crippen LogP contribution is -2.52. The number of hydrogen-bond donors (Lipinski definition) is 4. The number of nitrogens with zero attached hydrogens (tertiary/aromatic N) is 1. The maximum atomic E-state index is 14.3. The highest BCUT2D eigenvalue weighted by Gasteiger charge is 2.30. The van der Waals surface area contributed by atoms with Gasteiger partial charge in [0, 0.05) is 43.4 Å². The van der Waals surface area contributed by atoms with Crippen molar-refractivity contribution in [3.05, 3.63) is 137 Å². The van der Waals surface area contributed by atoms with E-state index in [0.717, 1.165) is 36.6 Å². The summed E-state index contributed by atoms with van der Waals surface area (Å²) in [7, 11) is 0. The van der Waals surface area contributed by atoms with E-state index in [-0.39, 0.29) is 42.2 Å². The van der Waals surface area contributed by atoms with Crippen LogP contribution in [-0.2, 0) is 28.9 Å². The maximum Gasteiger partial charge on any atom is 0.323 e. The van der Waals surface area contributed by atoms with Gasteiger partial charge in [0.05, 0.1) is 6.04 Å². The number of carbonyl (C=O) groups excluding carboxylic acids is 3. The van der Waals surface area contributed by atoms with E-state index in [0.29, 0.717) is 30.8 Å². The third-order valence-corrected chi connectivity index (χ3v) is 8.27. The van der Waals surface area contributed by atoms with Crippen molar-refractivity contribution in [2.75, 3.05) is 19.6 Å². The average molecular weight is 701 g/mol. The second-order valence-electron chi connectivity index (χ2n) is 12.5. The number of nitrogens with two attached hydrogens (primary N) is 1. The van der Waals surface area contributed by atoms with E-state index >= 15 is 0 Å². The summed E-state index contributed by atoms with van der Waals surface area (Å²) in [5.41, 5.74) is 8.70. The van der Waals surface area contributed by atoms with E-state index in [1.165, 1.54) is 18.2 Å². The minimum absolute atomic E-state index is 0.0524. The van der Waals surface area contributed by atoms with Crippen molar-refractivity contribution in [2.45, 2.75) is 64.3 Å². The summed E-state index contributed by atoms with van der Waals surface area (Å²) in [5, 5.41) is 15.8. The molecular formula is C40H46F2N4O5. The van der Waals surface area contributed by atoms with E-state index in [4.69, 9.17) is 10.5 Å². The van der Waals surface area contributed by atoms with Crippen molar-refractivity contribution in [1.82, 2.24) is 15.5 Å². The highest BCUT2D eigenvalue weighted by Crippen LogP contribution is 2.17. The molecule has 11 heteroatoms. The Hall–Kier alpha value is -5.13. The van der Waals surface area contributed by atoms with Crippen molar-refractivity contribution < 1.29 is 33.0 Å². The van der Waals surface area contributed by atoms with E-state index in [2.05, 4.69) is 10.6 Å². The van der Waals surface area contributed by atoms with Crippen LogP contribution in [-0.4, -0.2) is 65.6 Å². The van der Waals surface area contributed by atoms with Gasteiger partial charge in [-0.3, -0.25) is 14.4 Å². The predicted molar refractivity (Wildman–Crippen MR) is 192 cm³/mol. The standard InChI is InChI=1S/C40H46F2N4O5/c1-3-17-46(18-4-2)39(49)31-12-8-11-30(23-31)38(48)45-36(22-29-19-32(41)24-33(42)20-29)37(26-44-25-28-9-6-5-7-10-28)51-40(50)35(43)21-27-13-15-34(47)16-14-27/h5-16,19-20,23-24,35-37,44,47H,3-4,17-18,21-22,25-26,43H2,1-2H3,(H,45,48)/t35-,36?,37?/m0/s1. The lowest BCUT2D eigenvalue weighted by atomic mass is 9.99. The fraction of sp³-hybridized carbons (Fsp3) is 0.325. The van der Waals surface area contributed by atoms with Crippen LogP contribution < -0.4 is 16.4 Å². The zero-order valence-corrected chi connectivity index (χ0v) is 29.0. The summed E-state index contributed by atoms with van der Waals surface area (Å²) in [4.78, 5) is 42.4. The topological polar surface area (TPSA) is 134 Å². The molecule has 0 aliphatic rings. The molecule has 51 heavy (non-hydrogen) atoms. The summed E-state index contributed by atoms with van der Waals surface area (Å²) < 4.78 is 34.7. The molecule has 5 N–H and O–H groups in total. The Morgan fingerprint density at radius 1 is 0.784 bits per heavy atom. The van der Waals surface area contributed by atoms with Gasteiger partial charge >= 0.3 is 5.97 Å². The molecule has 0 aliphatic carbocycles. The Bertz CT molecular complexity index is 1710. The normalized spacial score (nSPS) is 12.8. The van der Waals surface area contributed by atoms with Crippen LogP contribution in [0.3, 0.4) is 0 Å². The van der Waals surface area contributed by atoms with Crippen molar-refractivity contribution in [3.8, 4) is 5.75 Å². The lowest BCUT2D eigenvalue weighted by molar-refractivity contribution is -0.152. The highest BCUT2D eigenvalue weighted by atomic mass is 19.1. The fourth-order valence-corrected chi connectivity index (χ4v) is 5.77. The first-order chi connectivity index (χ1) is 24.6. The molecule has 0 saturated heterocycles. The SMILES string of the molecule is CCCN(CCC)C(=O)c1cccc(C(=O)NC(Cc2cc(F)cc(F)c2)C(CNCc2ccccc2)OC(=O)[C@@H](N)Cc2ccc(O)cc2)c1. The molecule has 4 rings (SSSR count). The van der Waals surface area contributed by atoms with Crippen LogP contribution >= 0.6 is 0 Å². The second kappa shape index (κ2) is 19.3. The molecule has 4 aromatic rings. The first kappa shape index (κ1) is 38.7. The van der Waals surface area contributed by atoms with Crippen molar-refractivity contribution in [3.63, 3.8) is 0 Å². The number of esters is 1. The Labute approximate surface area is 297 Å². The van der Waals surface area contributed by atoms with Gasteiger partial charge in [0.1, 0.15) is 29.5 Å². The molecule has 0 fully saturated rings. The molecule has 0 heterocycles. The molecule has 0 spiro atoms. The Morgan fingerprint density at radius 3 is 2.08 bits per heavy atom. The molecule has 3 atom stereocenters. The van der Waals surface area contributed by atoms with E-state index in [1.807, 2.05) is 44.2 Å². The van der Waals surface area contributed by atoms with Gasteiger partial charge in [0.25, 0.3) is 11.8 Å². The van der Waals surface area contributed by atoms with Gasteiger partial charge in [0.2, 0.25) is 0 Å². The number of phenols is 1. The summed E-state index contributed by atoms with van der Waals surface area (Å²) in [6.45, 7) is 5.59. The minimum atomic E-state index is -1.09. The Balaban J connectivity index is 1.63. The number of amides is 2. The van der Waals surface area contributed by atoms with Gasteiger partial charge in [-0.15, -0.1) is 0 Å². The molecule has 0 radical (unpaired) electrons. The van der Waals surface area contributed by atoms with Gasteiger partial charge in [-0.2, -0.15) is 0 Å². The molecule has 4 aromatic carbocycles. The van der Waals surface area contributed by atoms with Crippen LogP contribution in [0, 0.1) is 11.6 Å². The monoisotopic (exact) mass is 700 g/mol. The molecular weight excluding hydrogens is 654 g/mol. The minimum Gasteiger partial charge on any atom is -0.508 e. The molecule has 2 amide bonds. The van der Waals surface area contributed by atoms with Gasteiger partial charge in [-0.25, -0.2) is 8.78 Å². The molecule has 9 nitrogen and oxygen atoms in total. The summed E-state index contributed by atoms with van der Waals surface area (Å²) in [6.07, 6.45) is 0.537. The number of phenolic OH excluding ortho intramolecular Hbond substituents is 1. The average Bonchev–Trinajstić information content (AvgIpc) is 3.11. The number of carbonyl (C=O) groups is 3. The fourth-order valence-electron chi connectivity index (χ4n) is 5.77. The maximum absolute atomic E-state index is 14.3. The molecule has 2 unspecified atom stereocenters. The zero-order valence-electron chi connectivity index (χ0n) is 29.0. The predicted octanol–water partition coefficient (Wildman–Crippen LogP) is 5.55. The van der Waals surface area contributed by atoms with Crippen molar-refractivity contribution in [2.24, 2.45) is 5.73 Å². The largest absolute Gasteiger partial charge is 0.508 e. The van der Waals surface area contributed by atoms with Crippen molar-refractivity contribution in [1.29, 1.82) is 0 Å². The Kier molecular flexibility index (Phi) is 14.6. The van der Waals surface area contributed by atoms with E-state index in [1.54, 1.807) is 35.2 Å². The first-order valence-electron chi connectivity index (χ1n) is 17.2. The summed E-state index contributed by atoms with van der Waals surface area (Å²) >= 11 is 0. The van der Waals surface area contributed by atoms with Crippen LogP contribution in [0.15, 0.2) is 97.1 Å². The number of benzene rings is 4. The lowest BCUT2D eigenvalue weighted by Gasteiger charge is -2.30. The number of hydrogen-bond acceptors (Lipinski definition) is 7. The van der Waals surface area contributed by atoms with E-state index in [9.17, 15) is 28.3 Å². The highest BCUT2D eigenvalue weighted by molar-refractivity contribution is 5.99. The first-order valence-corrected chi connectivity index (χ1v) is 17.2. The molecule has 0 aliphatic heterocycles. The summed E-state index contributed by atoms with van der Waals surface area (Å²) in [6, 6.07) is 23.1. The van der Waals surface area contributed by atoms with Gasteiger partial charge in [-0.1, -0.05) is 62.4 Å². The van der Waals surface area contributed by atoms with E-state index < -0.39 is 41.7 Å². The molecule has 0 bridgehead atoms. The van der Waals surface area contributed by atoms with Gasteiger partial charge in [-0.05, 0) is 84.8 Å².